The van der Waals surface area contributed by atoms with E-state index in [1.807, 2.05) is 4.90 Å². The number of allylic oxidation sites excluding steroid dienone is 1. The SMILES string of the molecule is O=C(NCCc1nnc2n1CCN(C(=O)CC1=CCCCC1)CC2)c1cccnc1. The van der Waals surface area contributed by atoms with E-state index >= 15 is 0 Å². The Labute approximate surface area is 176 Å². The Morgan fingerprint density at radius 3 is 2.83 bits per heavy atom. The van der Waals surface area contributed by atoms with Gasteiger partial charge in [0, 0.05) is 57.8 Å². The first-order valence-electron chi connectivity index (χ1n) is 10.8. The fraction of sp³-hybridized carbons (Fsp3) is 0.500. The number of nitrogens with one attached hydrogen (secondary N) is 1. The molecule has 2 aromatic rings. The predicted octanol–water partition coefficient (Wildman–Crippen LogP) is 1.92. The molecule has 0 saturated heterocycles. The van der Waals surface area contributed by atoms with Gasteiger partial charge < -0.3 is 14.8 Å². The van der Waals surface area contributed by atoms with Crippen LogP contribution in [0.1, 0.15) is 54.1 Å². The highest BCUT2D eigenvalue weighted by atomic mass is 16.2. The van der Waals surface area contributed by atoms with E-state index in [1.165, 1.54) is 18.4 Å². The summed E-state index contributed by atoms with van der Waals surface area (Å²) in [5.74, 6) is 1.83. The highest BCUT2D eigenvalue weighted by molar-refractivity contribution is 5.93. The third-order valence-corrected chi connectivity index (χ3v) is 5.78. The van der Waals surface area contributed by atoms with Crippen molar-refractivity contribution in [3.8, 4) is 0 Å². The van der Waals surface area contributed by atoms with Crippen LogP contribution in [0.15, 0.2) is 36.2 Å². The second-order valence-electron chi connectivity index (χ2n) is 7.85. The van der Waals surface area contributed by atoms with E-state index in [-0.39, 0.29) is 11.8 Å². The normalized spacial score (nSPS) is 16.4. The predicted molar refractivity (Wildman–Crippen MR) is 112 cm³/mol. The summed E-state index contributed by atoms with van der Waals surface area (Å²) in [4.78, 5) is 30.8. The molecule has 0 spiro atoms. The van der Waals surface area contributed by atoms with Crippen LogP contribution >= 0.6 is 0 Å². The molecule has 0 unspecified atom stereocenters. The first-order chi connectivity index (χ1) is 14.7. The van der Waals surface area contributed by atoms with Crippen molar-refractivity contribution in [2.24, 2.45) is 0 Å². The van der Waals surface area contributed by atoms with Crippen LogP contribution in [-0.4, -0.2) is 56.1 Å². The molecule has 4 rings (SSSR count). The Morgan fingerprint density at radius 2 is 2.03 bits per heavy atom. The molecule has 0 aromatic carbocycles. The maximum atomic E-state index is 12.7. The third kappa shape index (κ3) is 4.93. The number of carbonyl (C=O) groups is 2. The summed E-state index contributed by atoms with van der Waals surface area (Å²) in [5.41, 5.74) is 1.83. The average molecular weight is 409 g/mol. The largest absolute Gasteiger partial charge is 0.352 e. The van der Waals surface area contributed by atoms with Gasteiger partial charge in [-0.25, -0.2) is 0 Å². The summed E-state index contributed by atoms with van der Waals surface area (Å²) >= 11 is 0. The number of hydrogen-bond acceptors (Lipinski definition) is 5. The summed E-state index contributed by atoms with van der Waals surface area (Å²) in [5, 5.41) is 11.5. The van der Waals surface area contributed by atoms with Gasteiger partial charge in [-0.05, 0) is 37.8 Å². The molecule has 0 atom stereocenters. The van der Waals surface area contributed by atoms with E-state index in [0.29, 0.717) is 51.0 Å². The van der Waals surface area contributed by atoms with E-state index in [2.05, 4.69) is 31.1 Å². The summed E-state index contributed by atoms with van der Waals surface area (Å²) in [6, 6.07) is 3.48. The summed E-state index contributed by atoms with van der Waals surface area (Å²) in [6.07, 6.45) is 11.9. The Kier molecular flexibility index (Phi) is 6.51. The molecule has 8 nitrogen and oxygen atoms in total. The van der Waals surface area contributed by atoms with E-state index in [4.69, 9.17) is 0 Å². The summed E-state index contributed by atoms with van der Waals surface area (Å²) < 4.78 is 2.10. The molecular formula is C22H28N6O2. The maximum absolute atomic E-state index is 12.7. The lowest BCUT2D eigenvalue weighted by atomic mass is 9.97. The van der Waals surface area contributed by atoms with Crippen LogP contribution in [-0.2, 0) is 24.2 Å². The maximum Gasteiger partial charge on any atom is 0.252 e. The van der Waals surface area contributed by atoms with E-state index in [9.17, 15) is 9.59 Å². The highest BCUT2D eigenvalue weighted by Gasteiger charge is 2.22. The molecule has 0 bridgehead atoms. The Morgan fingerprint density at radius 1 is 1.10 bits per heavy atom. The lowest BCUT2D eigenvalue weighted by molar-refractivity contribution is -0.130. The zero-order valence-corrected chi connectivity index (χ0v) is 17.2. The Bertz CT molecular complexity index is 921. The molecule has 2 amide bonds. The Hall–Kier alpha value is -3.03. The minimum Gasteiger partial charge on any atom is -0.352 e. The number of hydrogen-bond donors (Lipinski definition) is 1. The lowest BCUT2D eigenvalue weighted by Gasteiger charge is -2.22. The van der Waals surface area contributed by atoms with Crippen LogP contribution in [0.25, 0.3) is 0 Å². The van der Waals surface area contributed by atoms with Gasteiger partial charge in [0.2, 0.25) is 5.91 Å². The number of carbonyl (C=O) groups excluding carboxylic acids is 2. The number of aromatic nitrogens is 4. The van der Waals surface area contributed by atoms with Crippen molar-refractivity contribution in [1.82, 2.24) is 30.0 Å². The quantitative estimate of drug-likeness (QED) is 0.737. The Balaban J connectivity index is 1.30. The van der Waals surface area contributed by atoms with Gasteiger partial charge in [0.25, 0.3) is 5.91 Å². The van der Waals surface area contributed by atoms with Crippen molar-refractivity contribution in [1.29, 1.82) is 0 Å². The van der Waals surface area contributed by atoms with E-state index in [0.717, 1.165) is 24.5 Å². The van der Waals surface area contributed by atoms with Gasteiger partial charge in [0.15, 0.2) is 0 Å². The topological polar surface area (TPSA) is 93.0 Å². The highest BCUT2D eigenvalue weighted by Crippen LogP contribution is 2.21. The number of pyridine rings is 1. The van der Waals surface area contributed by atoms with Crippen molar-refractivity contribution in [2.75, 3.05) is 19.6 Å². The van der Waals surface area contributed by atoms with Gasteiger partial charge in [0.1, 0.15) is 11.6 Å². The van der Waals surface area contributed by atoms with E-state index < -0.39 is 0 Å². The molecule has 0 fully saturated rings. The van der Waals surface area contributed by atoms with Crippen molar-refractivity contribution >= 4 is 11.8 Å². The van der Waals surface area contributed by atoms with Crippen molar-refractivity contribution < 1.29 is 9.59 Å². The van der Waals surface area contributed by atoms with Crippen LogP contribution < -0.4 is 5.32 Å². The minimum absolute atomic E-state index is 0.146. The van der Waals surface area contributed by atoms with Crippen molar-refractivity contribution in [2.45, 2.75) is 51.5 Å². The van der Waals surface area contributed by atoms with Gasteiger partial charge in [-0.15, -0.1) is 10.2 Å². The number of rotatable bonds is 6. The fourth-order valence-corrected chi connectivity index (χ4v) is 4.08. The average Bonchev–Trinajstić information content (AvgIpc) is 3.03. The number of amides is 2. The van der Waals surface area contributed by atoms with Crippen molar-refractivity contribution in [3.63, 3.8) is 0 Å². The zero-order chi connectivity index (χ0) is 20.8. The van der Waals surface area contributed by atoms with Crippen LogP contribution in [0.2, 0.25) is 0 Å². The molecule has 8 heteroatoms. The number of nitrogens with zero attached hydrogens (tertiary/aromatic N) is 5. The molecule has 0 saturated carbocycles. The van der Waals surface area contributed by atoms with Crippen LogP contribution in [0, 0.1) is 0 Å². The first-order valence-corrected chi connectivity index (χ1v) is 10.8. The second kappa shape index (κ2) is 9.65. The monoisotopic (exact) mass is 408 g/mol. The lowest BCUT2D eigenvalue weighted by Crippen LogP contribution is -2.34. The molecule has 0 radical (unpaired) electrons. The molecule has 3 heterocycles. The van der Waals surface area contributed by atoms with Gasteiger partial charge >= 0.3 is 0 Å². The van der Waals surface area contributed by atoms with Crippen molar-refractivity contribution in [3.05, 3.63) is 53.4 Å². The van der Waals surface area contributed by atoms with Crippen LogP contribution in [0.5, 0.6) is 0 Å². The first kappa shape index (κ1) is 20.3. The smallest absolute Gasteiger partial charge is 0.252 e. The van der Waals surface area contributed by atoms with Gasteiger partial charge in [-0.1, -0.05) is 11.6 Å². The molecule has 30 heavy (non-hydrogen) atoms. The fourth-order valence-electron chi connectivity index (χ4n) is 4.08. The van der Waals surface area contributed by atoms with Gasteiger partial charge in [-0.2, -0.15) is 0 Å². The molecule has 2 aromatic heterocycles. The van der Waals surface area contributed by atoms with E-state index in [1.54, 1.807) is 24.5 Å². The third-order valence-electron chi connectivity index (χ3n) is 5.78. The number of fused-ring (bicyclic) bond motifs is 1. The molecule has 2 aliphatic rings. The molecule has 1 aliphatic heterocycles. The van der Waals surface area contributed by atoms with Gasteiger partial charge in [-0.3, -0.25) is 14.6 Å². The zero-order valence-electron chi connectivity index (χ0n) is 17.2. The molecule has 1 aliphatic carbocycles. The molecule has 158 valence electrons. The van der Waals surface area contributed by atoms with Crippen LogP contribution in [0.3, 0.4) is 0 Å². The minimum atomic E-state index is -0.146. The molecular weight excluding hydrogens is 380 g/mol. The summed E-state index contributed by atoms with van der Waals surface area (Å²) in [7, 11) is 0. The molecule has 1 N–H and O–H groups in total. The van der Waals surface area contributed by atoms with Crippen LogP contribution in [0.4, 0.5) is 0 Å². The standard InChI is InChI=1S/C22H28N6O2/c29-21(15-17-5-2-1-3-6-17)27-12-9-20-26-25-19(28(20)14-13-27)8-11-24-22(30)18-7-4-10-23-16-18/h4-5,7,10,16H,1-3,6,8-9,11-15H2,(H,24,30). The summed E-state index contributed by atoms with van der Waals surface area (Å²) in [6.45, 7) is 2.52. The van der Waals surface area contributed by atoms with Gasteiger partial charge in [0.05, 0.1) is 5.56 Å². The second-order valence-corrected chi connectivity index (χ2v) is 7.85.